The Kier molecular flexibility index (Phi) is 3.35. The van der Waals surface area contributed by atoms with Crippen LogP contribution in [0, 0.1) is 0 Å². The van der Waals surface area contributed by atoms with Crippen molar-refractivity contribution in [1.29, 1.82) is 0 Å². The third-order valence-electron chi connectivity index (χ3n) is 3.29. The molecule has 0 bridgehead atoms. The molecular weight excluding hydrogens is 284 g/mol. The minimum absolute atomic E-state index is 0.0740. The van der Waals surface area contributed by atoms with Gasteiger partial charge in [-0.05, 0) is 33.6 Å². The Labute approximate surface area is 127 Å². The largest absolute Gasteiger partial charge is 0.443 e. The molecule has 2 aromatic rings. The smallest absolute Gasteiger partial charge is 0.416 e. The van der Waals surface area contributed by atoms with Gasteiger partial charge < -0.3 is 4.74 Å². The Bertz CT molecular complexity index is 728. The van der Waals surface area contributed by atoms with Crippen LogP contribution in [0.3, 0.4) is 0 Å². The molecule has 2 heterocycles. The van der Waals surface area contributed by atoms with Gasteiger partial charge in [-0.1, -0.05) is 0 Å². The van der Waals surface area contributed by atoms with Gasteiger partial charge in [-0.3, -0.25) is 14.1 Å². The summed E-state index contributed by atoms with van der Waals surface area (Å²) in [5.74, 6) is 0.423. The van der Waals surface area contributed by atoms with Crippen molar-refractivity contribution in [2.24, 2.45) is 0 Å². The first-order chi connectivity index (χ1) is 10.4. The van der Waals surface area contributed by atoms with Crippen molar-refractivity contribution in [3.05, 3.63) is 24.3 Å². The van der Waals surface area contributed by atoms with Crippen LogP contribution in [-0.4, -0.2) is 38.4 Å². The topological polar surface area (TPSA) is 76.8 Å². The molecule has 1 amide bonds. The second-order valence-corrected chi connectivity index (χ2v) is 6.33. The first-order valence-electron chi connectivity index (χ1n) is 7.20. The molecule has 0 radical (unpaired) electrons. The predicted octanol–water partition coefficient (Wildman–Crippen LogP) is 2.45. The Balaban J connectivity index is 2.04. The van der Waals surface area contributed by atoms with Crippen LogP contribution in [0.5, 0.6) is 0 Å². The first-order valence-corrected chi connectivity index (χ1v) is 7.20. The van der Waals surface area contributed by atoms with Crippen molar-refractivity contribution in [2.75, 3.05) is 4.90 Å². The highest BCUT2D eigenvalue weighted by Gasteiger charge is 2.38. The summed E-state index contributed by atoms with van der Waals surface area (Å²) in [6.07, 6.45) is 6.76. The van der Waals surface area contributed by atoms with E-state index in [0.717, 1.165) is 19.1 Å². The molecule has 0 N–H and O–H groups in total. The molecule has 2 aromatic heterocycles. The Hall–Kier alpha value is -2.44. The van der Waals surface area contributed by atoms with Crippen LogP contribution in [0.4, 0.5) is 10.6 Å². The Morgan fingerprint density at radius 2 is 2.14 bits per heavy atom. The average molecular weight is 302 g/mol. The van der Waals surface area contributed by atoms with Gasteiger partial charge in [0.2, 0.25) is 0 Å². The van der Waals surface area contributed by atoms with E-state index in [1.54, 1.807) is 21.7 Å². The van der Waals surface area contributed by atoms with Crippen LogP contribution in [0.1, 0.15) is 44.1 Å². The van der Waals surface area contributed by atoms with E-state index in [1.807, 2.05) is 20.8 Å². The van der Waals surface area contributed by atoms with E-state index in [1.165, 1.54) is 6.20 Å². The first kappa shape index (κ1) is 14.5. The molecule has 1 fully saturated rings. The van der Waals surface area contributed by atoms with E-state index < -0.39 is 11.7 Å². The summed E-state index contributed by atoms with van der Waals surface area (Å²) < 4.78 is 7.10. The zero-order valence-corrected chi connectivity index (χ0v) is 12.8. The van der Waals surface area contributed by atoms with Crippen LogP contribution >= 0.6 is 0 Å². The van der Waals surface area contributed by atoms with Crippen molar-refractivity contribution in [3.63, 3.8) is 0 Å². The number of hydrogen-bond acceptors (Lipinski definition) is 5. The average Bonchev–Trinajstić information content (AvgIpc) is 3.16. The summed E-state index contributed by atoms with van der Waals surface area (Å²) in [5.41, 5.74) is 0.305. The van der Waals surface area contributed by atoms with E-state index in [4.69, 9.17) is 4.74 Å². The molecule has 0 saturated heterocycles. The lowest BCUT2D eigenvalue weighted by Gasteiger charge is -2.26. The lowest BCUT2D eigenvalue weighted by Crippen LogP contribution is -2.39. The van der Waals surface area contributed by atoms with Crippen LogP contribution in [0.2, 0.25) is 0 Å². The number of nitrogens with zero attached hydrogens (tertiary/aromatic N) is 4. The standard InChI is InChI=1S/C15H18N4O3/c1-15(2,3)22-14(21)19(10-4-5-10)13-12-17-8-11(9-20)18(12)7-6-16-13/h6-10H,4-5H2,1-3H3. The number of ether oxygens (including phenoxy) is 1. The minimum atomic E-state index is -0.585. The van der Waals surface area contributed by atoms with Crippen LogP contribution in [0.25, 0.3) is 5.65 Å². The summed E-state index contributed by atoms with van der Waals surface area (Å²) >= 11 is 0. The quantitative estimate of drug-likeness (QED) is 0.814. The fraction of sp³-hybridized carbons (Fsp3) is 0.467. The SMILES string of the molecule is CC(C)(C)OC(=O)N(c1nccn2c(C=O)cnc12)C1CC1. The maximum absolute atomic E-state index is 12.5. The molecule has 0 aromatic carbocycles. The maximum atomic E-state index is 12.5. The van der Waals surface area contributed by atoms with Crippen molar-refractivity contribution in [1.82, 2.24) is 14.4 Å². The number of carbonyl (C=O) groups excluding carboxylic acids is 2. The van der Waals surface area contributed by atoms with Crippen molar-refractivity contribution in [3.8, 4) is 0 Å². The number of anilines is 1. The molecular formula is C15H18N4O3. The van der Waals surface area contributed by atoms with Gasteiger partial charge in [0.1, 0.15) is 11.3 Å². The lowest BCUT2D eigenvalue weighted by atomic mass is 10.2. The van der Waals surface area contributed by atoms with Gasteiger partial charge in [0.05, 0.1) is 6.20 Å². The normalized spacial score (nSPS) is 14.9. The van der Waals surface area contributed by atoms with Crippen molar-refractivity contribution >= 4 is 23.8 Å². The zero-order valence-electron chi connectivity index (χ0n) is 12.8. The second kappa shape index (κ2) is 5.08. The number of aromatic nitrogens is 3. The van der Waals surface area contributed by atoms with Gasteiger partial charge in [0.15, 0.2) is 17.8 Å². The summed E-state index contributed by atoms with van der Waals surface area (Å²) in [4.78, 5) is 33.6. The summed E-state index contributed by atoms with van der Waals surface area (Å²) in [6.45, 7) is 5.47. The van der Waals surface area contributed by atoms with Crippen molar-refractivity contribution < 1.29 is 14.3 Å². The number of carbonyl (C=O) groups is 2. The third-order valence-corrected chi connectivity index (χ3v) is 3.29. The van der Waals surface area contributed by atoms with Crippen LogP contribution in [0.15, 0.2) is 18.6 Å². The van der Waals surface area contributed by atoms with Crippen LogP contribution in [-0.2, 0) is 4.74 Å². The minimum Gasteiger partial charge on any atom is -0.443 e. The molecule has 7 heteroatoms. The van der Waals surface area contributed by atoms with Crippen molar-refractivity contribution in [2.45, 2.75) is 45.3 Å². The molecule has 0 atom stereocenters. The maximum Gasteiger partial charge on any atom is 0.416 e. The van der Waals surface area contributed by atoms with Gasteiger partial charge in [-0.25, -0.2) is 14.8 Å². The van der Waals surface area contributed by atoms with Gasteiger partial charge in [0, 0.05) is 18.4 Å². The highest BCUT2D eigenvalue weighted by Crippen LogP contribution is 2.33. The molecule has 0 aliphatic heterocycles. The molecule has 0 unspecified atom stereocenters. The van der Waals surface area contributed by atoms with E-state index in [0.29, 0.717) is 17.2 Å². The number of hydrogen-bond donors (Lipinski definition) is 0. The van der Waals surface area contributed by atoms with Crippen LogP contribution < -0.4 is 4.90 Å². The van der Waals surface area contributed by atoms with E-state index in [9.17, 15) is 9.59 Å². The molecule has 1 aliphatic rings. The lowest BCUT2D eigenvalue weighted by molar-refractivity contribution is 0.0576. The number of imidazole rings is 1. The molecule has 1 aliphatic carbocycles. The van der Waals surface area contributed by atoms with Gasteiger partial charge in [-0.15, -0.1) is 0 Å². The number of fused-ring (bicyclic) bond motifs is 1. The van der Waals surface area contributed by atoms with Gasteiger partial charge in [-0.2, -0.15) is 0 Å². The number of rotatable bonds is 3. The van der Waals surface area contributed by atoms with E-state index >= 15 is 0 Å². The van der Waals surface area contributed by atoms with Gasteiger partial charge >= 0.3 is 6.09 Å². The van der Waals surface area contributed by atoms with Gasteiger partial charge in [0.25, 0.3) is 0 Å². The third kappa shape index (κ3) is 2.66. The summed E-state index contributed by atoms with van der Waals surface area (Å²) in [5, 5.41) is 0. The molecule has 3 rings (SSSR count). The summed E-state index contributed by atoms with van der Waals surface area (Å²) in [7, 11) is 0. The predicted molar refractivity (Wildman–Crippen MR) is 80.1 cm³/mol. The molecule has 7 nitrogen and oxygen atoms in total. The molecule has 22 heavy (non-hydrogen) atoms. The van der Waals surface area contributed by atoms with E-state index in [-0.39, 0.29) is 6.04 Å². The fourth-order valence-electron chi connectivity index (χ4n) is 2.23. The molecule has 1 saturated carbocycles. The molecule has 116 valence electrons. The fourth-order valence-corrected chi connectivity index (χ4v) is 2.23. The summed E-state index contributed by atoms with van der Waals surface area (Å²) in [6, 6.07) is 0.0740. The Morgan fingerprint density at radius 1 is 1.41 bits per heavy atom. The molecule has 0 spiro atoms. The Morgan fingerprint density at radius 3 is 2.73 bits per heavy atom. The number of amides is 1. The number of aldehydes is 1. The highest BCUT2D eigenvalue weighted by atomic mass is 16.6. The zero-order chi connectivity index (χ0) is 15.9. The second-order valence-electron chi connectivity index (χ2n) is 6.33. The monoisotopic (exact) mass is 302 g/mol. The van der Waals surface area contributed by atoms with E-state index in [2.05, 4.69) is 9.97 Å². The highest BCUT2D eigenvalue weighted by molar-refractivity contribution is 5.92.